The third kappa shape index (κ3) is 3.25. The molecule has 0 unspecified atom stereocenters. The lowest BCUT2D eigenvalue weighted by Crippen LogP contribution is -2.28. The van der Waals surface area contributed by atoms with Gasteiger partial charge < -0.3 is 10.2 Å². The van der Waals surface area contributed by atoms with Gasteiger partial charge in [0.2, 0.25) is 0 Å². The van der Waals surface area contributed by atoms with Gasteiger partial charge in [0.05, 0.1) is 10.2 Å². The van der Waals surface area contributed by atoms with Gasteiger partial charge in [0, 0.05) is 13.1 Å². The summed E-state index contributed by atoms with van der Waals surface area (Å²) in [6, 6.07) is 4.33. The lowest BCUT2D eigenvalue weighted by atomic mass is 10.1. The number of hydrogen-bond acceptors (Lipinski definition) is 4. The number of nitrogens with one attached hydrogen (secondary N) is 1. The topological polar surface area (TPSA) is 28.2 Å². The van der Waals surface area contributed by atoms with Crippen molar-refractivity contribution in [3.63, 3.8) is 0 Å². The van der Waals surface area contributed by atoms with Crippen LogP contribution < -0.4 is 5.32 Å². The predicted octanol–water partition coefficient (Wildman–Crippen LogP) is 3.67. The van der Waals surface area contributed by atoms with Crippen LogP contribution in [0.1, 0.15) is 25.0 Å². The van der Waals surface area contributed by atoms with Gasteiger partial charge in [0.1, 0.15) is 0 Å². The molecule has 0 aliphatic rings. The van der Waals surface area contributed by atoms with E-state index < -0.39 is 0 Å². The van der Waals surface area contributed by atoms with Crippen LogP contribution in [0.4, 0.5) is 5.13 Å². The van der Waals surface area contributed by atoms with Crippen LogP contribution in [0.3, 0.4) is 0 Å². The Morgan fingerprint density at radius 1 is 1.16 bits per heavy atom. The summed E-state index contributed by atoms with van der Waals surface area (Å²) in [5.41, 5.74) is 3.72. The Hall–Kier alpha value is -1.13. The zero-order valence-electron chi connectivity index (χ0n) is 12.3. The molecule has 0 spiro atoms. The summed E-state index contributed by atoms with van der Waals surface area (Å²) in [5, 5.41) is 4.49. The largest absolute Gasteiger partial charge is 0.360 e. The minimum absolute atomic E-state index is 0.958. The maximum absolute atomic E-state index is 4.71. The highest BCUT2D eigenvalue weighted by Gasteiger charge is 2.08. The highest BCUT2D eigenvalue weighted by atomic mass is 32.1. The Bertz CT molecular complexity index is 505. The molecule has 4 heteroatoms. The van der Waals surface area contributed by atoms with E-state index in [1.54, 1.807) is 11.3 Å². The zero-order valence-corrected chi connectivity index (χ0v) is 13.1. The smallest absolute Gasteiger partial charge is 0.183 e. The van der Waals surface area contributed by atoms with Crippen molar-refractivity contribution in [1.82, 2.24) is 9.88 Å². The van der Waals surface area contributed by atoms with Gasteiger partial charge in [-0.25, -0.2) is 4.98 Å². The molecule has 0 saturated heterocycles. The van der Waals surface area contributed by atoms with Crippen LogP contribution in [0.15, 0.2) is 12.1 Å². The number of hydrogen-bond donors (Lipinski definition) is 1. The first-order chi connectivity index (χ1) is 9.15. The Kier molecular flexibility index (Phi) is 4.77. The molecule has 0 atom stereocenters. The maximum Gasteiger partial charge on any atom is 0.183 e. The monoisotopic (exact) mass is 277 g/mol. The molecule has 1 heterocycles. The molecule has 0 saturated carbocycles. The van der Waals surface area contributed by atoms with Crippen molar-refractivity contribution in [2.24, 2.45) is 0 Å². The highest BCUT2D eigenvalue weighted by molar-refractivity contribution is 7.22. The van der Waals surface area contributed by atoms with Gasteiger partial charge in [-0.05, 0) is 38.1 Å². The van der Waals surface area contributed by atoms with Gasteiger partial charge in [-0.15, -0.1) is 0 Å². The number of likely N-dealkylation sites (N-methyl/N-ethyl adjacent to an activating group) is 1. The fourth-order valence-electron chi connectivity index (χ4n) is 2.20. The van der Waals surface area contributed by atoms with Gasteiger partial charge in [-0.3, -0.25) is 0 Å². The molecule has 19 heavy (non-hydrogen) atoms. The summed E-state index contributed by atoms with van der Waals surface area (Å²) in [6.07, 6.45) is 0. The molecule has 0 aliphatic carbocycles. The summed E-state index contributed by atoms with van der Waals surface area (Å²) >= 11 is 1.76. The Labute approximate surface area is 119 Å². The molecule has 0 bridgehead atoms. The van der Waals surface area contributed by atoms with E-state index in [1.807, 2.05) is 0 Å². The normalized spacial score (nSPS) is 11.4. The van der Waals surface area contributed by atoms with Gasteiger partial charge in [0.25, 0.3) is 0 Å². The fourth-order valence-corrected chi connectivity index (χ4v) is 3.23. The van der Waals surface area contributed by atoms with E-state index in [9.17, 15) is 0 Å². The Morgan fingerprint density at radius 3 is 2.47 bits per heavy atom. The second kappa shape index (κ2) is 6.35. The van der Waals surface area contributed by atoms with E-state index in [0.717, 1.165) is 36.8 Å². The summed E-state index contributed by atoms with van der Waals surface area (Å²) in [7, 11) is 0. The van der Waals surface area contributed by atoms with Gasteiger partial charge in [-0.1, -0.05) is 37.3 Å². The summed E-state index contributed by atoms with van der Waals surface area (Å²) in [4.78, 5) is 7.12. The summed E-state index contributed by atoms with van der Waals surface area (Å²) in [6.45, 7) is 12.9. The third-order valence-corrected chi connectivity index (χ3v) is 4.69. The number of benzene rings is 1. The van der Waals surface area contributed by atoms with E-state index in [-0.39, 0.29) is 0 Å². The van der Waals surface area contributed by atoms with Gasteiger partial charge in [0.15, 0.2) is 5.13 Å². The third-order valence-electron chi connectivity index (χ3n) is 3.54. The van der Waals surface area contributed by atoms with Crippen LogP contribution in [0.2, 0.25) is 0 Å². The van der Waals surface area contributed by atoms with Gasteiger partial charge in [-0.2, -0.15) is 0 Å². The number of aromatic nitrogens is 1. The van der Waals surface area contributed by atoms with Crippen molar-refractivity contribution in [3.8, 4) is 0 Å². The molecule has 3 nitrogen and oxygen atoms in total. The van der Waals surface area contributed by atoms with Crippen LogP contribution in [0.5, 0.6) is 0 Å². The molecular weight excluding hydrogens is 254 g/mol. The SMILES string of the molecule is CCN(CC)CCNc1nc2c(C)ccc(C)c2s1. The molecule has 1 aromatic carbocycles. The van der Waals surface area contributed by atoms with E-state index in [1.165, 1.54) is 15.8 Å². The molecule has 1 N–H and O–H groups in total. The van der Waals surface area contributed by atoms with Crippen molar-refractivity contribution >= 4 is 26.7 Å². The molecule has 0 radical (unpaired) electrons. The second-order valence-corrected chi connectivity index (χ2v) is 5.85. The molecule has 2 aromatic rings. The average Bonchev–Trinajstić information content (AvgIpc) is 2.84. The van der Waals surface area contributed by atoms with Crippen molar-refractivity contribution < 1.29 is 0 Å². The standard InChI is InChI=1S/C15H23N3S/c1-5-18(6-2)10-9-16-15-17-13-11(3)7-8-12(4)14(13)19-15/h7-8H,5-6,9-10H2,1-4H3,(H,16,17). The molecule has 0 fully saturated rings. The number of fused-ring (bicyclic) bond motifs is 1. The number of aryl methyl sites for hydroxylation is 2. The van der Waals surface area contributed by atoms with Gasteiger partial charge >= 0.3 is 0 Å². The second-order valence-electron chi connectivity index (χ2n) is 4.85. The Morgan fingerprint density at radius 2 is 1.84 bits per heavy atom. The minimum Gasteiger partial charge on any atom is -0.360 e. The molecule has 2 rings (SSSR count). The first kappa shape index (κ1) is 14.3. The number of anilines is 1. The highest BCUT2D eigenvalue weighted by Crippen LogP contribution is 2.30. The van der Waals surface area contributed by atoms with Crippen molar-refractivity contribution in [1.29, 1.82) is 0 Å². The number of thiazole rings is 1. The van der Waals surface area contributed by atoms with E-state index in [2.05, 4.69) is 50.0 Å². The fraction of sp³-hybridized carbons (Fsp3) is 0.533. The van der Waals surface area contributed by atoms with E-state index in [4.69, 9.17) is 4.98 Å². The van der Waals surface area contributed by atoms with E-state index >= 15 is 0 Å². The van der Waals surface area contributed by atoms with Crippen molar-refractivity contribution in [2.45, 2.75) is 27.7 Å². The van der Waals surface area contributed by atoms with Crippen LogP contribution in [-0.4, -0.2) is 36.1 Å². The van der Waals surface area contributed by atoms with Crippen molar-refractivity contribution in [2.75, 3.05) is 31.5 Å². The molecule has 0 amide bonds. The summed E-state index contributed by atoms with van der Waals surface area (Å²) < 4.78 is 1.31. The van der Waals surface area contributed by atoms with Crippen LogP contribution >= 0.6 is 11.3 Å². The predicted molar refractivity (Wildman–Crippen MR) is 85.4 cm³/mol. The maximum atomic E-state index is 4.71. The lowest BCUT2D eigenvalue weighted by Gasteiger charge is -2.17. The lowest BCUT2D eigenvalue weighted by molar-refractivity contribution is 0.316. The van der Waals surface area contributed by atoms with Crippen LogP contribution in [0, 0.1) is 13.8 Å². The van der Waals surface area contributed by atoms with Crippen LogP contribution in [-0.2, 0) is 0 Å². The molecule has 1 aromatic heterocycles. The molecule has 0 aliphatic heterocycles. The molecular formula is C15H23N3S. The molecule has 104 valence electrons. The average molecular weight is 277 g/mol. The number of nitrogens with zero attached hydrogens (tertiary/aromatic N) is 2. The minimum atomic E-state index is 0.958. The van der Waals surface area contributed by atoms with E-state index in [0.29, 0.717) is 0 Å². The summed E-state index contributed by atoms with van der Waals surface area (Å²) in [5.74, 6) is 0. The Balaban J connectivity index is 2.06. The zero-order chi connectivity index (χ0) is 13.8. The quantitative estimate of drug-likeness (QED) is 0.873. The first-order valence-corrected chi connectivity index (χ1v) is 7.80. The van der Waals surface area contributed by atoms with Crippen LogP contribution in [0.25, 0.3) is 10.2 Å². The number of rotatable bonds is 6. The van der Waals surface area contributed by atoms with Crippen molar-refractivity contribution in [3.05, 3.63) is 23.3 Å². The first-order valence-electron chi connectivity index (χ1n) is 6.98.